The second kappa shape index (κ2) is 4.99. The van der Waals surface area contributed by atoms with E-state index in [1.54, 1.807) is 0 Å². The third kappa shape index (κ3) is 3.30. The molecule has 0 radical (unpaired) electrons. The highest BCUT2D eigenvalue weighted by Gasteiger charge is 2.28. The highest BCUT2D eigenvalue weighted by atomic mass is 32.2. The van der Waals surface area contributed by atoms with E-state index in [0.717, 1.165) is 13.0 Å². The van der Waals surface area contributed by atoms with E-state index in [2.05, 4.69) is 34.5 Å². The van der Waals surface area contributed by atoms with Crippen molar-refractivity contribution < 1.29 is 0 Å². The number of thioether (sulfide) groups is 2. The molecule has 1 rings (SSSR count). The lowest BCUT2D eigenvalue weighted by Gasteiger charge is -2.18. The first-order valence-corrected chi connectivity index (χ1v) is 6.32. The standard InChI is InChI=1S/C10H15NS2/c1-11(2)8-4-6-10(12-3)7-5-9-13-10/h5,9H,7-8H2,1-3H3. The van der Waals surface area contributed by atoms with Gasteiger partial charge in [0.2, 0.25) is 0 Å². The van der Waals surface area contributed by atoms with Crippen LogP contribution in [0.15, 0.2) is 11.5 Å². The number of allylic oxidation sites excluding steroid dienone is 1. The molecule has 0 aliphatic carbocycles. The molecule has 0 aromatic heterocycles. The zero-order valence-corrected chi connectivity index (χ0v) is 9.97. The maximum Gasteiger partial charge on any atom is 0.129 e. The molecule has 0 saturated heterocycles. The van der Waals surface area contributed by atoms with Gasteiger partial charge in [0.05, 0.1) is 6.54 Å². The smallest absolute Gasteiger partial charge is 0.129 e. The van der Waals surface area contributed by atoms with E-state index in [1.165, 1.54) is 0 Å². The SMILES string of the molecule is CSC1(C#CCN(C)C)CC=CS1. The van der Waals surface area contributed by atoms with Crippen molar-refractivity contribution in [3.63, 3.8) is 0 Å². The van der Waals surface area contributed by atoms with Gasteiger partial charge < -0.3 is 0 Å². The molecule has 0 amide bonds. The van der Waals surface area contributed by atoms with Crippen LogP contribution in [-0.2, 0) is 0 Å². The van der Waals surface area contributed by atoms with E-state index in [4.69, 9.17) is 0 Å². The van der Waals surface area contributed by atoms with E-state index >= 15 is 0 Å². The molecule has 1 aliphatic heterocycles. The molecule has 0 bridgehead atoms. The van der Waals surface area contributed by atoms with Crippen LogP contribution in [-0.4, -0.2) is 35.9 Å². The van der Waals surface area contributed by atoms with E-state index in [-0.39, 0.29) is 4.08 Å². The van der Waals surface area contributed by atoms with Gasteiger partial charge in [0, 0.05) is 6.42 Å². The van der Waals surface area contributed by atoms with Gasteiger partial charge in [-0.3, -0.25) is 4.90 Å². The van der Waals surface area contributed by atoms with Crippen molar-refractivity contribution in [2.75, 3.05) is 26.9 Å². The molecular weight excluding hydrogens is 198 g/mol. The highest BCUT2D eigenvalue weighted by molar-refractivity contribution is 8.19. The summed E-state index contributed by atoms with van der Waals surface area (Å²) >= 11 is 3.67. The summed E-state index contributed by atoms with van der Waals surface area (Å²) in [6.07, 6.45) is 5.40. The lowest BCUT2D eigenvalue weighted by Crippen LogP contribution is -2.15. The van der Waals surface area contributed by atoms with E-state index in [1.807, 2.05) is 37.6 Å². The summed E-state index contributed by atoms with van der Waals surface area (Å²) in [5.74, 6) is 6.56. The zero-order chi connectivity index (χ0) is 9.73. The zero-order valence-electron chi connectivity index (χ0n) is 8.33. The minimum Gasteiger partial charge on any atom is -0.299 e. The summed E-state index contributed by atoms with van der Waals surface area (Å²) in [6, 6.07) is 0. The predicted molar refractivity (Wildman–Crippen MR) is 63.9 cm³/mol. The maximum absolute atomic E-state index is 3.35. The predicted octanol–water partition coefficient (Wildman–Crippen LogP) is 2.26. The van der Waals surface area contributed by atoms with Crippen molar-refractivity contribution >= 4 is 23.5 Å². The molecule has 1 nitrogen and oxygen atoms in total. The van der Waals surface area contributed by atoms with Crippen molar-refractivity contribution in [1.82, 2.24) is 4.90 Å². The van der Waals surface area contributed by atoms with Crippen LogP contribution in [0.2, 0.25) is 0 Å². The fourth-order valence-electron chi connectivity index (χ4n) is 1.00. The van der Waals surface area contributed by atoms with E-state index in [0.29, 0.717) is 0 Å². The quantitative estimate of drug-likeness (QED) is 0.648. The molecule has 0 fully saturated rings. The van der Waals surface area contributed by atoms with Crippen molar-refractivity contribution in [1.29, 1.82) is 0 Å². The molecule has 0 saturated carbocycles. The van der Waals surface area contributed by atoms with Crippen molar-refractivity contribution in [3.8, 4) is 11.8 Å². The molecule has 1 unspecified atom stereocenters. The topological polar surface area (TPSA) is 3.24 Å². The van der Waals surface area contributed by atoms with Crippen LogP contribution in [0.4, 0.5) is 0 Å². The van der Waals surface area contributed by atoms with Gasteiger partial charge in [-0.2, -0.15) is 0 Å². The second-order valence-corrected chi connectivity index (χ2v) is 5.76. The first-order valence-electron chi connectivity index (χ1n) is 4.21. The fourth-order valence-corrected chi connectivity index (χ4v) is 2.73. The van der Waals surface area contributed by atoms with Crippen LogP contribution in [0.1, 0.15) is 6.42 Å². The Labute approximate surface area is 89.3 Å². The van der Waals surface area contributed by atoms with Crippen LogP contribution in [0, 0.1) is 11.8 Å². The Morgan fingerprint density at radius 3 is 2.85 bits per heavy atom. The molecule has 13 heavy (non-hydrogen) atoms. The molecule has 1 heterocycles. The Morgan fingerprint density at radius 2 is 2.38 bits per heavy atom. The fraction of sp³-hybridized carbons (Fsp3) is 0.600. The average molecular weight is 213 g/mol. The van der Waals surface area contributed by atoms with Crippen LogP contribution in [0.5, 0.6) is 0 Å². The summed E-state index contributed by atoms with van der Waals surface area (Å²) in [6.45, 7) is 0.850. The second-order valence-electron chi connectivity index (χ2n) is 3.19. The van der Waals surface area contributed by atoms with Gasteiger partial charge in [0.15, 0.2) is 0 Å². The molecule has 0 spiro atoms. The largest absolute Gasteiger partial charge is 0.299 e. The lowest BCUT2D eigenvalue weighted by molar-refractivity contribution is 0.463. The number of hydrogen-bond donors (Lipinski definition) is 0. The first-order chi connectivity index (χ1) is 6.18. The van der Waals surface area contributed by atoms with Gasteiger partial charge in [0.1, 0.15) is 4.08 Å². The van der Waals surface area contributed by atoms with Crippen LogP contribution < -0.4 is 0 Å². The van der Waals surface area contributed by atoms with E-state index < -0.39 is 0 Å². The third-order valence-electron chi connectivity index (χ3n) is 1.75. The molecule has 1 atom stereocenters. The number of hydrogen-bond acceptors (Lipinski definition) is 3. The Bertz CT molecular complexity index is 239. The third-order valence-corrected chi connectivity index (χ3v) is 4.44. The lowest BCUT2D eigenvalue weighted by atomic mass is 10.3. The van der Waals surface area contributed by atoms with E-state index in [9.17, 15) is 0 Å². The summed E-state index contributed by atoms with van der Waals surface area (Å²) in [4.78, 5) is 2.09. The Kier molecular flexibility index (Phi) is 4.24. The van der Waals surface area contributed by atoms with Gasteiger partial charge in [-0.25, -0.2) is 0 Å². The van der Waals surface area contributed by atoms with Gasteiger partial charge in [-0.1, -0.05) is 17.9 Å². The van der Waals surface area contributed by atoms with Crippen molar-refractivity contribution in [3.05, 3.63) is 11.5 Å². The maximum atomic E-state index is 3.35. The molecule has 1 aliphatic rings. The van der Waals surface area contributed by atoms with Gasteiger partial charge in [-0.05, 0) is 25.8 Å². The Balaban J connectivity index is 2.52. The summed E-state index contributed by atoms with van der Waals surface area (Å²) in [5, 5.41) is 2.15. The van der Waals surface area contributed by atoms with Crippen molar-refractivity contribution in [2.45, 2.75) is 10.5 Å². The number of nitrogens with zero attached hydrogens (tertiary/aromatic N) is 1. The highest BCUT2D eigenvalue weighted by Crippen LogP contribution is 2.43. The number of rotatable bonds is 2. The Hall–Kier alpha value is -0.0400. The molecule has 0 aromatic carbocycles. The monoisotopic (exact) mass is 213 g/mol. The molecule has 0 N–H and O–H groups in total. The summed E-state index contributed by atoms with van der Waals surface area (Å²) in [5.41, 5.74) is 0. The first kappa shape index (κ1) is 11.0. The normalized spacial score (nSPS) is 26.2. The van der Waals surface area contributed by atoms with Crippen LogP contribution in [0.3, 0.4) is 0 Å². The van der Waals surface area contributed by atoms with Gasteiger partial charge in [-0.15, -0.1) is 23.5 Å². The molecule has 0 aromatic rings. The summed E-state index contributed by atoms with van der Waals surface area (Å²) < 4.78 is 0.107. The molecular formula is C10H15NS2. The molecule has 3 heteroatoms. The average Bonchev–Trinajstić information content (AvgIpc) is 2.53. The van der Waals surface area contributed by atoms with Crippen LogP contribution >= 0.6 is 23.5 Å². The van der Waals surface area contributed by atoms with Crippen LogP contribution in [0.25, 0.3) is 0 Å². The Morgan fingerprint density at radius 1 is 1.62 bits per heavy atom. The minimum atomic E-state index is 0.107. The molecule has 72 valence electrons. The van der Waals surface area contributed by atoms with Crippen molar-refractivity contribution in [2.24, 2.45) is 0 Å². The van der Waals surface area contributed by atoms with Gasteiger partial charge >= 0.3 is 0 Å². The minimum absolute atomic E-state index is 0.107. The van der Waals surface area contributed by atoms with Gasteiger partial charge in [0.25, 0.3) is 0 Å². The summed E-state index contributed by atoms with van der Waals surface area (Å²) in [7, 11) is 4.08.